The first-order chi connectivity index (χ1) is 11.5. The van der Waals surface area contributed by atoms with Crippen LogP contribution in [0.1, 0.15) is 20.8 Å². The number of oxime groups is 1. The van der Waals surface area contributed by atoms with Crippen molar-refractivity contribution in [3.05, 3.63) is 46.3 Å². The molecule has 2 amide bonds. The molecule has 24 heavy (non-hydrogen) atoms. The van der Waals surface area contributed by atoms with Crippen LogP contribution in [0.15, 0.2) is 35.5 Å². The largest absolute Gasteiger partial charge is 0.409 e. The standard InChI is InChI=1S/C15H13N5O3S/c1-8-10(7-16)15(19-14(22)12(17)20-23)24-11(8)13(21)18-9-5-3-2-4-6-9/h2-6,23H,1H3,(H2,17,20)(H,18,21)(H,19,22). The highest BCUT2D eigenvalue weighted by molar-refractivity contribution is 7.18. The summed E-state index contributed by atoms with van der Waals surface area (Å²) >= 11 is 0.936. The summed E-state index contributed by atoms with van der Waals surface area (Å²) in [5.41, 5.74) is 6.39. The van der Waals surface area contributed by atoms with Gasteiger partial charge in [-0.2, -0.15) is 5.26 Å². The van der Waals surface area contributed by atoms with E-state index in [0.29, 0.717) is 11.3 Å². The number of hydrogen-bond acceptors (Lipinski definition) is 6. The van der Waals surface area contributed by atoms with Crippen molar-refractivity contribution in [2.45, 2.75) is 6.92 Å². The minimum atomic E-state index is -0.870. The lowest BCUT2D eigenvalue weighted by Crippen LogP contribution is -2.29. The molecule has 122 valence electrons. The van der Waals surface area contributed by atoms with Crippen LogP contribution in [0.3, 0.4) is 0 Å². The van der Waals surface area contributed by atoms with Crippen LogP contribution in [0.2, 0.25) is 0 Å². The summed E-state index contributed by atoms with van der Waals surface area (Å²) in [6.45, 7) is 1.61. The zero-order chi connectivity index (χ0) is 17.7. The van der Waals surface area contributed by atoms with Crippen LogP contribution in [-0.2, 0) is 4.79 Å². The zero-order valence-corrected chi connectivity index (χ0v) is 13.3. The molecule has 1 aromatic heterocycles. The van der Waals surface area contributed by atoms with Crippen molar-refractivity contribution >= 4 is 39.7 Å². The van der Waals surface area contributed by atoms with Crippen molar-refractivity contribution in [1.82, 2.24) is 0 Å². The summed E-state index contributed by atoms with van der Waals surface area (Å²) < 4.78 is 0. The van der Waals surface area contributed by atoms with E-state index in [0.717, 1.165) is 11.3 Å². The van der Waals surface area contributed by atoms with Gasteiger partial charge in [0, 0.05) is 5.69 Å². The second-order valence-electron chi connectivity index (χ2n) is 4.63. The molecule has 9 heteroatoms. The summed E-state index contributed by atoms with van der Waals surface area (Å²) in [6, 6.07) is 10.8. The molecule has 0 spiro atoms. The van der Waals surface area contributed by atoms with Gasteiger partial charge in [0.05, 0.1) is 10.4 Å². The van der Waals surface area contributed by atoms with Crippen LogP contribution in [0, 0.1) is 18.3 Å². The molecule has 0 aliphatic carbocycles. The number of benzene rings is 1. The maximum Gasteiger partial charge on any atom is 0.294 e. The van der Waals surface area contributed by atoms with Crippen molar-refractivity contribution in [3.8, 4) is 6.07 Å². The Morgan fingerprint density at radius 1 is 1.29 bits per heavy atom. The molecular formula is C15H13N5O3S. The maximum absolute atomic E-state index is 12.4. The van der Waals surface area contributed by atoms with E-state index in [1.165, 1.54) is 0 Å². The Bertz CT molecular complexity index is 852. The molecule has 0 saturated carbocycles. The first-order valence-electron chi connectivity index (χ1n) is 6.66. The molecule has 1 aromatic carbocycles. The third-order valence-electron chi connectivity index (χ3n) is 3.06. The molecule has 0 aliphatic rings. The van der Waals surface area contributed by atoms with Crippen molar-refractivity contribution in [2.75, 3.05) is 10.6 Å². The fourth-order valence-corrected chi connectivity index (χ4v) is 2.92. The number of anilines is 2. The van der Waals surface area contributed by atoms with Crippen molar-refractivity contribution in [1.29, 1.82) is 5.26 Å². The van der Waals surface area contributed by atoms with Crippen LogP contribution in [0.5, 0.6) is 0 Å². The molecule has 8 nitrogen and oxygen atoms in total. The molecule has 0 saturated heterocycles. The molecule has 0 bridgehead atoms. The summed E-state index contributed by atoms with van der Waals surface area (Å²) in [5, 5.41) is 25.6. The summed E-state index contributed by atoms with van der Waals surface area (Å²) in [5.74, 6) is -1.92. The average Bonchev–Trinajstić information content (AvgIpc) is 2.90. The van der Waals surface area contributed by atoms with E-state index in [9.17, 15) is 14.9 Å². The number of nitrogens with two attached hydrogens (primary N) is 1. The van der Waals surface area contributed by atoms with E-state index in [-0.39, 0.29) is 15.4 Å². The van der Waals surface area contributed by atoms with E-state index in [1.54, 1.807) is 31.2 Å². The first-order valence-corrected chi connectivity index (χ1v) is 7.48. The Morgan fingerprint density at radius 2 is 1.96 bits per heavy atom. The van der Waals surface area contributed by atoms with Crippen LogP contribution in [-0.4, -0.2) is 22.9 Å². The quantitative estimate of drug-likeness (QED) is 0.291. The Kier molecular flexibility index (Phi) is 5.13. The summed E-state index contributed by atoms with van der Waals surface area (Å²) in [4.78, 5) is 24.3. The number of nitrogens with one attached hydrogen (secondary N) is 2. The summed E-state index contributed by atoms with van der Waals surface area (Å²) in [6.07, 6.45) is 0. The number of carbonyl (C=O) groups is 2. The lowest BCUT2D eigenvalue weighted by molar-refractivity contribution is -0.110. The van der Waals surface area contributed by atoms with E-state index in [1.807, 2.05) is 12.1 Å². The van der Waals surface area contributed by atoms with Crippen molar-refractivity contribution in [2.24, 2.45) is 10.9 Å². The van der Waals surface area contributed by atoms with Crippen LogP contribution in [0.4, 0.5) is 10.7 Å². The van der Waals surface area contributed by atoms with Gasteiger partial charge < -0.3 is 21.6 Å². The number of rotatable bonds is 3. The molecule has 0 unspecified atom stereocenters. The Labute approximate surface area is 141 Å². The number of thiophene rings is 1. The highest BCUT2D eigenvalue weighted by atomic mass is 32.1. The first kappa shape index (κ1) is 17.0. The van der Waals surface area contributed by atoms with Crippen molar-refractivity contribution in [3.63, 3.8) is 0 Å². The molecule has 0 radical (unpaired) electrons. The van der Waals surface area contributed by atoms with E-state index >= 15 is 0 Å². The Morgan fingerprint density at radius 3 is 2.54 bits per heavy atom. The molecular weight excluding hydrogens is 330 g/mol. The van der Waals surface area contributed by atoms with E-state index in [4.69, 9.17) is 10.9 Å². The van der Waals surface area contributed by atoms with E-state index < -0.39 is 17.6 Å². The van der Waals surface area contributed by atoms with Gasteiger partial charge in [0.2, 0.25) is 5.84 Å². The maximum atomic E-state index is 12.4. The van der Waals surface area contributed by atoms with Gasteiger partial charge in [0.15, 0.2) is 0 Å². The molecule has 0 fully saturated rings. The minimum absolute atomic E-state index is 0.150. The lowest BCUT2D eigenvalue weighted by atomic mass is 10.1. The monoisotopic (exact) mass is 343 g/mol. The Hall–Kier alpha value is -3.38. The van der Waals surface area contributed by atoms with Gasteiger partial charge in [-0.3, -0.25) is 9.59 Å². The van der Waals surface area contributed by atoms with Crippen molar-refractivity contribution < 1.29 is 14.8 Å². The molecule has 0 aliphatic heterocycles. The highest BCUT2D eigenvalue weighted by Crippen LogP contribution is 2.33. The number of carbonyl (C=O) groups excluding carboxylic acids is 2. The van der Waals surface area contributed by atoms with Crippen LogP contribution in [0.25, 0.3) is 0 Å². The molecule has 1 heterocycles. The van der Waals surface area contributed by atoms with Crippen LogP contribution >= 0.6 is 11.3 Å². The van der Waals surface area contributed by atoms with Crippen LogP contribution < -0.4 is 16.4 Å². The molecule has 5 N–H and O–H groups in total. The zero-order valence-electron chi connectivity index (χ0n) is 12.5. The smallest absolute Gasteiger partial charge is 0.294 e. The number of para-hydroxylation sites is 1. The predicted molar refractivity (Wildman–Crippen MR) is 90.2 cm³/mol. The SMILES string of the molecule is Cc1c(C(=O)Nc2ccccc2)sc(NC(=O)/C(N)=N\O)c1C#N. The topological polar surface area (TPSA) is 141 Å². The van der Waals surface area contributed by atoms with Gasteiger partial charge in [-0.15, -0.1) is 11.3 Å². The van der Waals surface area contributed by atoms with E-state index in [2.05, 4.69) is 15.8 Å². The van der Waals surface area contributed by atoms with Gasteiger partial charge in [0.1, 0.15) is 11.1 Å². The molecule has 2 rings (SSSR count). The lowest BCUT2D eigenvalue weighted by Gasteiger charge is -2.03. The second kappa shape index (κ2) is 7.26. The van der Waals surface area contributed by atoms with Gasteiger partial charge in [0.25, 0.3) is 11.8 Å². The Balaban J connectivity index is 2.30. The molecule has 0 atom stereocenters. The third-order valence-corrected chi connectivity index (χ3v) is 4.27. The fourth-order valence-electron chi connectivity index (χ4n) is 1.87. The third kappa shape index (κ3) is 3.50. The number of amides is 2. The minimum Gasteiger partial charge on any atom is -0.409 e. The van der Waals surface area contributed by atoms with Gasteiger partial charge >= 0.3 is 0 Å². The summed E-state index contributed by atoms with van der Waals surface area (Å²) in [7, 11) is 0. The molecule has 2 aromatic rings. The number of nitriles is 1. The fraction of sp³-hybridized carbons (Fsp3) is 0.0667. The highest BCUT2D eigenvalue weighted by Gasteiger charge is 2.22. The average molecular weight is 343 g/mol. The normalized spacial score (nSPS) is 10.8. The second-order valence-corrected chi connectivity index (χ2v) is 5.65. The number of hydrogen-bond donors (Lipinski definition) is 4. The van der Waals surface area contributed by atoms with Gasteiger partial charge in [-0.1, -0.05) is 23.4 Å². The predicted octanol–water partition coefficient (Wildman–Crippen LogP) is 1.87. The number of nitrogens with zero attached hydrogens (tertiary/aromatic N) is 2. The number of amidine groups is 1. The van der Waals surface area contributed by atoms with Gasteiger partial charge in [-0.05, 0) is 24.6 Å². The van der Waals surface area contributed by atoms with Gasteiger partial charge in [-0.25, -0.2) is 0 Å².